The van der Waals surface area contributed by atoms with E-state index in [1.165, 1.54) is 0 Å². The molecule has 6 nitrogen and oxygen atoms in total. The Morgan fingerprint density at radius 2 is 2.14 bits per heavy atom. The van der Waals surface area contributed by atoms with Gasteiger partial charge in [-0.05, 0) is 27.2 Å². The van der Waals surface area contributed by atoms with Gasteiger partial charge < -0.3 is 19.7 Å². The summed E-state index contributed by atoms with van der Waals surface area (Å²) >= 11 is 0. The van der Waals surface area contributed by atoms with Crippen LogP contribution in [0.25, 0.3) is 5.65 Å². The molecule has 0 bridgehead atoms. The fourth-order valence-corrected chi connectivity index (χ4v) is 2.27. The van der Waals surface area contributed by atoms with Gasteiger partial charge in [-0.25, -0.2) is 9.97 Å². The van der Waals surface area contributed by atoms with E-state index in [0.29, 0.717) is 6.54 Å². The Hall–Kier alpha value is -1.82. The molecular formula is C15H25N5O. The molecule has 0 aromatic carbocycles. The van der Waals surface area contributed by atoms with Crippen molar-refractivity contribution in [2.45, 2.75) is 39.7 Å². The van der Waals surface area contributed by atoms with Crippen molar-refractivity contribution in [2.75, 3.05) is 29.9 Å². The zero-order valence-electron chi connectivity index (χ0n) is 13.3. The van der Waals surface area contributed by atoms with E-state index in [1.54, 1.807) is 20.0 Å². The molecule has 0 atom stereocenters. The van der Waals surface area contributed by atoms with Crippen LogP contribution in [0.1, 0.15) is 34.1 Å². The maximum Gasteiger partial charge on any atom is 0.180 e. The monoisotopic (exact) mass is 291 g/mol. The number of hydrogen-bond donors (Lipinski definition) is 2. The van der Waals surface area contributed by atoms with E-state index in [1.807, 2.05) is 16.8 Å². The molecule has 2 N–H and O–H groups in total. The zero-order chi connectivity index (χ0) is 15.5. The van der Waals surface area contributed by atoms with E-state index in [0.717, 1.165) is 36.8 Å². The van der Waals surface area contributed by atoms with Crippen molar-refractivity contribution in [2.24, 2.45) is 0 Å². The maximum absolute atomic E-state index is 10.1. The van der Waals surface area contributed by atoms with Crippen molar-refractivity contribution in [3.8, 4) is 0 Å². The normalized spacial score (nSPS) is 11.9. The quantitative estimate of drug-likeness (QED) is 0.818. The number of rotatable bonds is 7. The third kappa shape index (κ3) is 3.85. The number of fused-ring (bicyclic) bond motifs is 1. The summed E-state index contributed by atoms with van der Waals surface area (Å²) in [5.41, 5.74) is 0.0249. The van der Waals surface area contributed by atoms with Crippen LogP contribution in [0.3, 0.4) is 0 Å². The van der Waals surface area contributed by atoms with Crippen LogP contribution in [0.4, 0.5) is 11.6 Å². The summed E-state index contributed by atoms with van der Waals surface area (Å²) in [6.07, 6.45) is 6.66. The highest BCUT2D eigenvalue weighted by Gasteiger charge is 2.21. The summed E-state index contributed by atoms with van der Waals surface area (Å²) in [6, 6.07) is 0. The molecule has 0 aliphatic rings. The lowest BCUT2D eigenvalue weighted by Crippen LogP contribution is -2.39. The van der Waals surface area contributed by atoms with Gasteiger partial charge in [0.05, 0.1) is 11.8 Å². The predicted molar refractivity (Wildman–Crippen MR) is 86.0 cm³/mol. The van der Waals surface area contributed by atoms with Gasteiger partial charge in [-0.2, -0.15) is 0 Å². The van der Waals surface area contributed by atoms with Crippen molar-refractivity contribution in [3.05, 3.63) is 18.6 Å². The summed E-state index contributed by atoms with van der Waals surface area (Å²) in [7, 11) is 0. The molecule has 0 radical (unpaired) electrons. The van der Waals surface area contributed by atoms with Crippen LogP contribution in [0.2, 0.25) is 0 Å². The van der Waals surface area contributed by atoms with Crippen LogP contribution in [-0.4, -0.2) is 44.7 Å². The van der Waals surface area contributed by atoms with Gasteiger partial charge >= 0.3 is 0 Å². The minimum Gasteiger partial charge on any atom is -0.389 e. The van der Waals surface area contributed by atoms with E-state index in [2.05, 4.69) is 34.0 Å². The second kappa shape index (κ2) is 6.30. The third-order valence-corrected chi connectivity index (χ3v) is 3.17. The summed E-state index contributed by atoms with van der Waals surface area (Å²) in [4.78, 5) is 11.1. The third-order valence-electron chi connectivity index (χ3n) is 3.17. The number of imidazole rings is 1. The molecule has 116 valence electrons. The molecule has 2 rings (SSSR count). The molecule has 6 heteroatoms. The van der Waals surface area contributed by atoms with Crippen LogP contribution >= 0.6 is 0 Å². The van der Waals surface area contributed by atoms with E-state index in [4.69, 9.17) is 0 Å². The summed E-state index contributed by atoms with van der Waals surface area (Å²) in [5, 5.41) is 13.4. The number of anilines is 2. The molecule has 0 unspecified atom stereocenters. The number of aliphatic hydroxyl groups is 1. The molecule has 0 saturated carbocycles. The van der Waals surface area contributed by atoms with Crippen molar-refractivity contribution in [3.63, 3.8) is 0 Å². The number of nitrogens with one attached hydrogen (secondary N) is 1. The lowest BCUT2D eigenvalue weighted by molar-refractivity contribution is 0.0874. The minimum absolute atomic E-state index is 0.510. The van der Waals surface area contributed by atoms with Crippen LogP contribution in [-0.2, 0) is 0 Å². The van der Waals surface area contributed by atoms with E-state index >= 15 is 0 Å². The number of likely N-dealkylation sites (N-methyl/N-ethyl adjacent to an activating group) is 1. The SMILES string of the molecule is CCCNc1cn2ccnc2c(N(CC)CC(C)(C)O)n1. The average Bonchev–Trinajstić information content (AvgIpc) is 2.89. The Morgan fingerprint density at radius 3 is 2.76 bits per heavy atom. The lowest BCUT2D eigenvalue weighted by atomic mass is 10.1. The van der Waals surface area contributed by atoms with Gasteiger partial charge in [0.25, 0.3) is 0 Å². The van der Waals surface area contributed by atoms with E-state index in [-0.39, 0.29) is 0 Å². The Morgan fingerprint density at radius 1 is 1.38 bits per heavy atom. The van der Waals surface area contributed by atoms with Gasteiger partial charge in [0.2, 0.25) is 0 Å². The molecular weight excluding hydrogens is 266 g/mol. The average molecular weight is 291 g/mol. The second-order valence-corrected chi connectivity index (χ2v) is 5.86. The molecule has 2 heterocycles. The maximum atomic E-state index is 10.1. The fraction of sp³-hybridized carbons (Fsp3) is 0.600. The molecule has 0 amide bonds. The first kappa shape index (κ1) is 15.6. The molecule has 2 aromatic rings. The first-order valence-corrected chi connectivity index (χ1v) is 7.49. The van der Waals surface area contributed by atoms with Gasteiger partial charge in [0.15, 0.2) is 11.5 Å². The van der Waals surface area contributed by atoms with Crippen molar-refractivity contribution in [1.29, 1.82) is 0 Å². The minimum atomic E-state index is -0.784. The van der Waals surface area contributed by atoms with Crippen molar-refractivity contribution in [1.82, 2.24) is 14.4 Å². The topological polar surface area (TPSA) is 65.7 Å². The number of hydrogen-bond acceptors (Lipinski definition) is 5. The Kier molecular flexibility index (Phi) is 4.67. The highest BCUT2D eigenvalue weighted by Crippen LogP contribution is 2.22. The first-order valence-electron chi connectivity index (χ1n) is 7.49. The van der Waals surface area contributed by atoms with Gasteiger partial charge in [-0.15, -0.1) is 0 Å². The van der Waals surface area contributed by atoms with Gasteiger partial charge in [-0.3, -0.25) is 0 Å². The Labute approximate surface area is 125 Å². The van der Waals surface area contributed by atoms with Gasteiger partial charge in [0.1, 0.15) is 5.82 Å². The molecule has 0 fully saturated rings. The zero-order valence-corrected chi connectivity index (χ0v) is 13.3. The first-order chi connectivity index (χ1) is 9.94. The second-order valence-electron chi connectivity index (χ2n) is 5.86. The summed E-state index contributed by atoms with van der Waals surface area (Å²) in [5.74, 6) is 1.62. The predicted octanol–water partition coefficient (Wildman–Crippen LogP) is 2.15. The van der Waals surface area contributed by atoms with Gasteiger partial charge in [-0.1, -0.05) is 6.92 Å². The number of nitrogens with zero attached hydrogens (tertiary/aromatic N) is 4. The fourth-order valence-electron chi connectivity index (χ4n) is 2.27. The van der Waals surface area contributed by atoms with Gasteiger partial charge in [0, 0.05) is 32.0 Å². The molecule has 0 spiro atoms. The Bertz CT molecular complexity index is 587. The molecule has 2 aromatic heterocycles. The number of aromatic nitrogens is 3. The van der Waals surface area contributed by atoms with E-state index < -0.39 is 5.60 Å². The van der Waals surface area contributed by atoms with Crippen LogP contribution < -0.4 is 10.2 Å². The largest absolute Gasteiger partial charge is 0.389 e. The van der Waals surface area contributed by atoms with Crippen molar-refractivity contribution < 1.29 is 5.11 Å². The standard InChI is InChI=1S/C15H25N5O/c1-5-7-16-12-10-20-9-8-17-13(20)14(18-12)19(6-2)11-15(3,4)21/h8-10,16,21H,5-7,11H2,1-4H3. The van der Waals surface area contributed by atoms with Crippen LogP contribution in [0, 0.1) is 0 Å². The smallest absolute Gasteiger partial charge is 0.180 e. The van der Waals surface area contributed by atoms with Crippen LogP contribution in [0.5, 0.6) is 0 Å². The highest BCUT2D eigenvalue weighted by molar-refractivity contribution is 5.67. The molecule has 0 aliphatic carbocycles. The van der Waals surface area contributed by atoms with Crippen molar-refractivity contribution >= 4 is 17.3 Å². The van der Waals surface area contributed by atoms with Crippen LogP contribution in [0.15, 0.2) is 18.6 Å². The summed E-state index contributed by atoms with van der Waals surface area (Å²) in [6.45, 7) is 9.93. The molecule has 0 saturated heterocycles. The lowest BCUT2D eigenvalue weighted by Gasteiger charge is -2.29. The summed E-state index contributed by atoms with van der Waals surface area (Å²) < 4.78 is 1.97. The molecule has 21 heavy (non-hydrogen) atoms. The Balaban J connectivity index is 2.41. The van der Waals surface area contributed by atoms with E-state index in [9.17, 15) is 5.11 Å². The molecule has 0 aliphatic heterocycles. The highest BCUT2D eigenvalue weighted by atomic mass is 16.3.